The van der Waals surface area contributed by atoms with Crippen LogP contribution >= 0.6 is 12.2 Å². The number of hydrogen-bond donors (Lipinski definition) is 2. The van der Waals surface area contributed by atoms with Crippen molar-refractivity contribution in [1.29, 1.82) is 0 Å². The summed E-state index contributed by atoms with van der Waals surface area (Å²) in [7, 11) is 0. The molecule has 0 bridgehead atoms. The average Bonchev–Trinajstić information content (AvgIpc) is 2.68. The summed E-state index contributed by atoms with van der Waals surface area (Å²) in [5.41, 5.74) is 2.58. The lowest BCUT2D eigenvalue weighted by Crippen LogP contribution is -1.86. The van der Waals surface area contributed by atoms with Gasteiger partial charge in [-0.1, -0.05) is 32.0 Å². The summed E-state index contributed by atoms with van der Waals surface area (Å²) >= 11 is 4.89. The number of hydrogen-bond acceptors (Lipinski definition) is 3. The molecule has 0 amide bonds. The van der Waals surface area contributed by atoms with E-state index in [2.05, 4.69) is 20.2 Å². The first kappa shape index (κ1) is 10.8. The van der Waals surface area contributed by atoms with Crippen LogP contribution in [0.25, 0.3) is 22.1 Å². The fourth-order valence-electron chi connectivity index (χ4n) is 1.54. The molecule has 4 nitrogen and oxygen atoms in total. The van der Waals surface area contributed by atoms with E-state index in [1.54, 1.807) is 0 Å². The highest BCUT2D eigenvalue weighted by Gasteiger charge is 2.04. The Kier molecular flexibility index (Phi) is 2.96. The minimum Gasteiger partial charge on any atom is -0.338 e. The Morgan fingerprint density at radius 3 is 2.75 bits per heavy atom. The molecule has 0 saturated carbocycles. The molecule has 2 heterocycles. The molecular weight excluding hydrogens is 220 g/mol. The maximum absolute atomic E-state index is 4.89. The highest BCUT2D eigenvalue weighted by atomic mass is 32.1. The van der Waals surface area contributed by atoms with Crippen molar-refractivity contribution in [2.45, 2.75) is 13.8 Å². The van der Waals surface area contributed by atoms with Crippen molar-refractivity contribution in [3.63, 3.8) is 0 Å². The molecule has 0 aliphatic heterocycles. The first-order valence-electron chi connectivity index (χ1n) is 5.18. The number of para-hydroxylation sites is 1. The summed E-state index contributed by atoms with van der Waals surface area (Å²) in [6.07, 6.45) is 0. The van der Waals surface area contributed by atoms with Gasteiger partial charge in [-0.2, -0.15) is 10.1 Å². The highest BCUT2D eigenvalue weighted by Crippen LogP contribution is 2.20. The average molecular weight is 232 g/mol. The molecule has 0 atom stereocenters. The second kappa shape index (κ2) is 4.40. The van der Waals surface area contributed by atoms with E-state index in [9.17, 15) is 0 Å². The zero-order valence-electron chi connectivity index (χ0n) is 9.11. The van der Waals surface area contributed by atoms with E-state index in [4.69, 9.17) is 12.2 Å². The van der Waals surface area contributed by atoms with Crippen molar-refractivity contribution in [1.82, 2.24) is 20.2 Å². The minimum absolute atomic E-state index is 0.393. The van der Waals surface area contributed by atoms with Crippen LogP contribution in [0, 0.1) is 4.77 Å². The van der Waals surface area contributed by atoms with Gasteiger partial charge in [0.2, 0.25) is 4.77 Å². The molecule has 0 radical (unpaired) electrons. The lowest BCUT2D eigenvalue weighted by atomic mass is 10.2. The predicted molar refractivity (Wildman–Crippen MR) is 67.9 cm³/mol. The van der Waals surface area contributed by atoms with E-state index >= 15 is 0 Å². The Labute approximate surface area is 97.7 Å². The maximum Gasteiger partial charge on any atom is 0.215 e. The molecule has 0 unspecified atom stereocenters. The van der Waals surface area contributed by atoms with Crippen molar-refractivity contribution in [2.75, 3.05) is 0 Å². The Hall–Kier alpha value is -1.75. The van der Waals surface area contributed by atoms with E-state index in [0.29, 0.717) is 4.77 Å². The molecule has 0 aliphatic carbocycles. The number of rotatable bonds is 0. The lowest BCUT2D eigenvalue weighted by molar-refractivity contribution is 0.999. The van der Waals surface area contributed by atoms with Gasteiger partial charge in [-0.3, -0.25) is 5.10 Å². The topological polar surface area (TPSA) is 57.4 Å². The third-order valence-electron chi connectivity index (χ3n) is 2.14. The van der Waals surface area contributed by atoms with Crippen molar-refractivity contribution >= 4 is 34.3 Å². The number of fused-ring (bicyclic) bond motifs is 3. The smallest absolute Gasteiger partial charge is 0.215 e. The lowest BCUT2D eigenvalue weighted by Gasteiger charge is -1.87. The van der Waals surface area contributed by atoms with Gasteiger partial charge in [0, 0.05) is 10.9 Å². The predicted octanol–water partition coefficient (Wildman–Crippen LogP) is 3.19. The normalized spacial score (nSPS) is 10.1. The maximum atomic E-state index is 4.89. The van der Waals surface area contributed by atoms with Gasteiger partial charge in [0.1, 0.15) is 5.52 Å². The second-order valence-electron chi connectivity index (χ2n) is 3.01. The molecule has 3 aromatic rings. The molecule has 82 valence electrons. The number of nitrogens with zero attached hydrogens (tertiary/aromatic N) is 2. The SMILES string of the molecule is CC.S=c1nc2[nH]c3ccccc3c2n[nH]1. The first-order chi connectivity index (χ1) is 7.84. The summed E-state index contributed by atoms with van der Waals surface area (Å²) in [4.78, 5) is 7.31. The second-order valence-corrected chi connectivity index (χ2v) is 3.40. The number of aromatic nitrogens is 4. The van der Waals surface area contributed by atoms with Crippen LogP contribution in [-0.2, 0) is 0 Å². The summed E-state index contributed by atoms with van der Waals surface area (Å²) < 4.78 is 0.393. The van der Waals surface area contributed by atoms with E-state index < -0.39 is 0 Å². The summed E-state index contributed by atoms with van der Waals surface area (Å²) in [5, 5.41) is 7.89. The molecule has 1 aromatic carbocycles. The Balaban J connectivity index is 0.000000457. The molecular formula is C11H12N4S. The summed E-state index contributed by atoms with van der Waals surface area (Å²) in [6, 6.07) is 7.93. The minimum atomic E-state index is 0.393. The molecule has 2 aromatic heterocycles. The van der Waals surface area contributed by atoms with Crippen LogP contribution in [0.4, 0.5) is 0 Å². The quantitative estimate of drug-likeness (QED) is 0.585. The molecule has 0 fully saturated rings. The Morgan fingerprint density at radius 1 is 1.19 bits per heavy atom. The number of nitrogens with one attached hydrogen (secondary N) is 2. The molecule has 16 heavy (non-hydrogen) atoms. The van der Waals surface area contributed by atoms with Gasteiger partial charge in [0.15, 0.2) is 5.65 Å². The van der Waals surface area contributed by atoms with Crippen LogP contribution in [0.1, 0.15) is 13.8 Å². The largest absolute Gasteiger partial charge is 0.338 e. The molecule has 2 N–H and O–H groups in total. The summed E-state index contributed by atoms with van der Waals surface area (Å²) in [5.74, 6) is 0. The van der Waals surface area contributed by atoms with Crippen LogP contribution in [0.15, 0.2) is 24.3 Å². The molecule has 0 saturated heterocycles. The van der Waals surface area contributed by atoms with E-state index in [1.807, 2.05) is 38.1 Å². The van der Waals surface area contributed by atoms with Crippen LogP contribution < -0.4 is 0 Å². The van der Waals surface area contributed by atoms with Gasteiger partial charge in [-0.05, 0) is 18.3 Å². The molecule has 0 aliphatic rings. The summed E-state index contributed by atoms with van der Waals surface area (Å²) in [6.45, 7) is 4.00. The van der Waals surface area contributed by atoms with E-state index in [0.717, 1.165) is 22.1 Å². The fraction of sp³-hybridized carbons (Fsp3) is 0.182. The standard InChI is InChI=1S/C9H6N4S.C2H6/c14-9-11-8-7(12-13-9)5-3-1-2-4-6(5)10-8;1-2/h1-4H,(H2,10,11,13,14);1-2H3. The van der Waals surface area contributed by atoms with Crippen LogP contribution in [-0.4, -0.2) is 20.2 Å². The van der Waals surface area contributed by atoms with Crippen molar-refractivity contribution in [2.24, 2.45) is 0 Å². The Bertz CT molecular complexity index is 668. The van der Waals surface area contributed by atoms with Crippen LogP contribution in [0.5, 0.6) is 0 Å². The first-order valence-corrected chi connectivity index (χ1v) is 5.58. The van der Waals surface area contributed by atoms with Crippen molar-refractivity contribution < 1.29 is 0 Å². The Morgan fingerprint density at radius 2 is 1.94 bits per heavy atom. The van der Waals surface area contributed by atoms with Gasteiger partial charge < -0.3 is 4.98 Å². The number of H-pyrrole nitrogens is 2. The third kappa shape index (κ3) is 1.69. The van der Waals surface area contributed by atoms with E-state index in [1.165, 1.54) is 0 Å². The highest BCUT2D eigenvalue weighted by molar-refractivity contribution is 7.71. The van der Waals surface area contributed by atoms with Crippen molar-refractivity contribution in [3.8, 4) is 0 Å². The van der Waals surface area contributed by atoms with Crippen LogP contribution in [0.2, 0.25) is 0 Å². The van der Waals surface area contributed by atoms with Gasteiger partial charge in [-0.25, -0.2) is 0 Å². The molecule has 3 rings (SSSR count). The fourth-order valence-corrected chi connectivity index (χ4v) is 1.67. The van der Waals surface area contributed by atoms with E-state index in [-0.39, 0.29) is 0 Å². The number of benzene rings is 1. The van der Waals surface area contributed by atoms with Crippen LogP contribution in [0.3, 0.4) is 0 Å². The number of aromatic amines is 2. The molecule has 0 spiro atoms. The van der Waals surface area contributed by atoms with Gasteiger partial charge in [0.05, 0.1) is 0 Å². The van der Waals surface area contributed by atoms with Gasteiger partial charge in [-0.15, -0.1) is 0 Å². The zero-order valence-corrected chi connectivity index (χ0v) is 9.93. The van der Waals surface area contributed by atoms with Gasteiger partial charge >= 0.3 is 0 Å². The molecule has 5 heteroatoms. The monoisotopic (exact) mass is 232 g/mol. The third-order valence-corrected chi connectivity index (χ3v) is 2.32. The zero-order chi connectivity index (χ0) is 11.5. The van der Waals surface area contributed by atoms with Crippen molar-refractivity contribution in [3.05, 3.63) is 29.0 Å². The van der Waals surface area contributed by atoms with Gasteiger partial charge in [0.25, 0.3) is 0 Å².